The van der Waals surface area contributed by atoms with E-state index in [0.717, 1.165) is 30.4 Å². The van der Waals surface area contributed by atoms with Crippen molar-refractivity contribution in [2.24, 2.45) is 0 Å². The Balaban J connectivity index is 2.43. The van der Waals surface area contributed by atoms with E-state index in [1.165, 1.54) is 14.2 Å². The molecule has 37 heavy (non-hydrogen) atoms. The van der Waals surface area contributed by atoms with Gasteiger partial charge in [-0.05, 0) is 67.0 Å². The Morgan fingerprint density at radius 2 is 1.70 bits per heavy atom. The average molecular weight is 532 g/mol. The first kappa shape index (κ1) is 30.4. The Morgan fingerprint density at radius 1 is 1.03 bits per heavy atom. The van der Waals surface area contributed by atoms with Crippen molar-refractivity contribution in [2.45, 2.75) is 88.7 Å². The molecular formula is C29H41NO6S. The van der Waals surface area contributed by atoms with Gasteiger partial charge in [-0.2, -0.15) is 0 Å². The molecule has 1 amide bonds. The van der Waals surface area contributed by atoms with Crippen molar-refractivity contribution in [3.8, 4) is 5.75 Å². The second-order valence-corrected chi connectivity index (χ2v) is 13.1. The van der Waals surface area contributed by atoms with Crippen molar-refractivity contribution >= 4 is 27.4 Å². The van der Waals surface area contributed by atoms with Gasteiger partial charge >= 0.3 is 5.97 Å². The van der Waals surface area contributed by atoms with Gasteiger partial charge in [-0.15, -0.1) is 0 Å². The molecule has 0 saturated carbocycles. The van der Waals surface area contributed by atoms with Crippen molar-refractivity contribution in [1.82, 2.24) is 0 Å². The maximum absolute atomic E-state index is 13.3. The summed E-state index contributed by atoms with van der Waals surface area (Å²) < 4.78 is 35.8. The molecule has 0 aliphatic rings. The Hall–Kier alpha value is -2.87. The molecule has 2 aromatic carbocycles. The second-order valence-electron chi connectivity index (χ2n) is 10.6. The molecule has 2 aromatic rings. The SMILES string of the molecule is CCCCC(CC(=O)Nc1cc(C(=O)OC)ccc1C(C)(C)C)c1ccc(S(=O)(=O)C(C)C)cc1OC. The van der Waals surface area contributed by atoms with Crippen molar-refractivity contribution < 1.29 is 27.5 Å². The van der Waals surface area contributed by atoms with Gasteiger partial charge in [0.05, 0.1) is 29.9 Å². The number of hydrogen-bond donors (Lipinski definition) is 1. The first-order chi connectivity index (χ1) is 17.3. The van der Waals surface area contributed by atoms with Gasteiger partial charge in [0.1, 0.15) is 5.75 Å². The molecule has 2 rings (SSSR count). The minimum absolute atomic E-state index is 0.174. The lowest BCUT2D eigenvalue weighted by atomic mass is 9.85. The van der Waals surface area contributed by atoms with Crippen LogP contribution in [0.3, 0.4) is 0 Å². The maximum atomic E-state index is 13.3. The summed E-state index contributed by atoms with van der Waals surface area (Å²) >= 11 is 0. The third-order valence-electron chi connectivity index (χ3n) is 6.45. The predicted molar refractivity (Wildman–Crippen MR) is 147 cm³/mol. The lowest BCUT2D eigenvalue weighted by Crippen LogP contribution is -2.21. The van der Waals surface area contributed by atoms with Gasteiger partial charge in [0.25, 0.3) is 0 Å². The number of hydrogen-bond acceptors (Lipinski definition) is 6. The summed E-state index contributed by atoms with van der Waals surface area (Å²) in [7, 11) is -0.631. The topological polar surface area (TPSA) is 98.8 Å². The van der Waals surface area contributed by atoms with Gasteiger partial charge in [0.15, 0.2) is 9.84 Å². The molecule has 0 aromatic heterocycles. The fourth-order valence-corrected chi connectivity index (χ4v) is 5.34. The highest BCUT2D eigenvalue weighted by Gasteiger charge is 2.26. The van der Waals surface area contributed by atoms with Gasteiger partial charge in [-0.25, -0.2) is 13.2 Å². The van der Waals surface area contributed by atoms with E-state index in [4.69, 9.17) is 9.47 Å². The molecule has 1 atom stereocenters. The number of nitrogens with one attached hydrogen (secondary N) is 1. The van der Waals surface area contributed by atoms with Gasteiger partial charge < -0.3 is 14.8 Å². The zero-order chi connectivity index (χ0) is 28.0. The molecule has 8 heteroatoms. The van der Waals surface area contributed by atoms with Crippen molar-refractivity contribution in [1.29, 1.82) is 0 Å². The van der Waals surface area contributed by atoms with Crippen LogP contribution >= 0.6 is 0 Å². The van der Waals surface area contributed by atoms with E-state index >= 15 is 0 Å². The van der Waals surface area contributed by atoms with Crippen LogP contribution in [0, 0.1) is 0 Å². The van der Waals surface area contributed by atoms with Crippen LogP contribution in [0.5, 0.6) is 5.75 Å². The van der Waals surface area contributed by atoms with Crippen LogP contribution in [0.25, 0.3) is 0 Å². The lowest BCUT2D eigenvalue weighted by Gasteiger charge is -2.25. The van der Waals surface area contributed by atoms with Gasteiger partial charge in [-0.1, -0.05) is 52.7 Å². The summed E-state index contributed by atoms with van der Waals surface area (Å²) in [6.45, 7) is 11.5. The van der Waals surface area contributed by atoms with E-state index in [9.17, 15) is 18.0 Å². The molecule has 0 aliphatic heterocycles. The Labute approximate surface area is 221 Å². The zero-order valence-electron chi connectivity index (χ0n) is 23.3. The summed E-state index contributed by atoms with van der Waals surface area (Å²) in [4.78, 5) is 25.7. The van der Waals surface area contributed by atoms with E-state index in [1.54, 1.807) is 44.2 Å². The molecule has 0 fully saturated rings. The quantitative estimate of drug-likeness (QED) is 0.344. The molecule has 0 saturated heterocycles. The number of benzene rings is 2. The summed E-state index contributed by atoms with van der Waals surface area (Å²) in [5, 5.41) is 2.46. The van der Waals surface area contributed by atoms with Gasteiger partial charge in [0, 0.05) is 12.1 Å². The summed E-state index contributed by atoms with van der Waals surface area (Å²) in [5.74, 6) is -0.390. The Morgan fingerprint density at radius 3 is 2.24 bits per heavy atom. The maximum Gasteiger partial charge on any atom is 0.337 e. The number of unbranched alkanes of at least 4 members (excludes halogenated alkanes) is 1. The van der Waals surface area contributed by atoms with Crippen molar-refractivity contribution in [3.63, 3.8) is 0 Å². The smallest absolute Gasteiger partial charge is 0.337 e. The van der Waals surface area contributed by atoms with Crippen LogP contribution in [-0.2, 0) is 24.8 Å². The van der Waals surface area contributed by atoms with E-state index in [0.29, 0.717) is 17.0 Å². The molecule has 7 nitrogen and oxygen atoms in total. The van der Waals surface area contributed by atoms with E-state index < -0.39 is 21.1 Å². The predicted octanol–water partition coefficient (Wildman–Crippen LogP) is 6.26. The van der Waals surface area contributed by atoms with Crippen LogP contribution in [0.15, 0.2) is 41.3 Å². The molecule has 1 unspecified atom stereocenters. The molecule has 204 valence electrons. The number of carbonyl (C=O) groups excluding carboxylic acids is 2. The zero-order valence-corrected chi connectivity index (χ0v) is 24.1. The summed E-state index contributed by atoms with van der Waals surface area (Å²) in [6, 6.07) is 10.1. The van der Waals surface area contributed by atoms with E-state index in [1.807, 2.05) is 26.8 Å². The number of anilines is 1. The van der Waals surface area contributed by atoms with E-state index in [2.05, 4.69) is 12.2 Å². The molecule has 0 radical (unpaired) electrons. The normalized spacial score (nSPS) is 12.8. The fraction of sp³-hybridized carbons (Fsp3) is 0.517. The number of ether oxygens (including phenoxy) is 2. The van der Waals surface area contributed by atoms with Crippen LogP contribution in [0.1, 0.15) is 94.6 Å². The number of carbonyl (C=O) groups is 2. The highest BCUT2D eigenvalue weighted by Crippen LogP contribution is 2.36. The number of methoxy groups -OCH3 is 2. The number of esters is 1. The molecule has 0 bridgehead atoms. The summed E-state index contributed by atoms with van der Waals surface area (Å²) in [5.41, 5.74) is 2.37. The van der Waals surface area contributed by atoms with Crippen LogP contribution in [0.4, 0.5) is 5.69 Å². The third kappa shape index (κ3) is 7.57. The minimum atomic E-state index is -3.46. The van der Waals surface area contributed by atoms with Crippen molar-refractivity contribution in [2.75, 3.05) is 19.5 Å². The van der Waals surface area contributed by atoms with Crippen LogP contribution in [-0.4, -0.2) is 39.8 Å². The molecule has 0 heterocycles. The second kappa shape index (κ2) is 12.6. The van der Waals surface area contributed by atoms with E-state index in [-0.39, 0.29) is 28.6 Å². The molecule has 0 spiro atoms. The molecular weight excluding hydrogens is 490 g/mol. The lowest BCUT2D eigenvalue weighted by molar-refractivity contribution is -0.116. The van der Waals surface area contributed by atoms with Gasteiger partial charge in [0.2, 0.25) is 5.91 Å². The van der Waals surface area contributed by atoms with Gasteiger partial charge in [-0.3, -0.25) is 4.79 Å². The highest BCUT2D eigenvalue weighted by atomic mass is 32.2. The highest BCUT2D eigenvalue weighted by molar-refractivity contribution is 7.92. The average Bonchev–Trinajstić information content (AvgIpc) is 2.84. The standard InChI is InChI=1S/C29H41NO6S/c1-9-10-11-20(23-14-13-22(18-26(23)35-7)37(33,34)19(2)3)17-27(31)30-25-16-21(28(32)36-8)12-15-24(25)29(4,5)6/h12-16,18-20H,9-11,17H2,1-8H3,(H,30,31). The molecule has 1 N–H and O–H groups in total. The van der Waals surface area contributed by atoms with Crippen molar-refractivity contribution in [3.05, 3.63) is 53.1 Å². The third-order valence-corrected chi connectivity index (χ3v) is 8.61. The fourth-order valence-electron chi connectivity index (χ4n) is 4.27. The Kier molecular flexibility index (Phi) is 10.3. The summed E-state index contributed by atoms with van der Waals surface area (Å²) in [6.07, 6.45) is 2.78. The monoisotopic (exact) mass is 531 g/mol. The first-order valence-corrected chi connectivity index (χ1v) is 14.2. The van der Waals surface area contributed by atoms with Crippen LogP contribution in [0.2, 0.25) is 0 Å². The Bertz CT molecular complexity index is 1210. The number of rotatable bonds is 11. The number of amides is 1. The minimum Gasteiger partial charge on any atom is -0.496 e. The first-order valence-electron chi connectivity index (χ1n) is 12.7. The van der Waals surface area contributed by atoms with Crippen LogP contribution < -0.4 is 10.1 Å². The largest absolute Gasteiger partial charge is 0.496 e. The molecule has 0 aliphatic carbocycles. The number of sulfone groups is 1.